The number of nitrogens with zero attached hydrogens (tertiary/aromatic N) is 2. The molecular weight excluding hydrogens is 246 g/mol. The molecule has 1 aromatic rings. The summed E-state index contributed by atoms with van der Waals surface area (Å²) in [6, 6.07) is 2.60. The Kier molecular flexibility index (Phi) is 3.83. The van der Waals surface area contributed by atoms with Crippen LogP contribution in [0.2, 0.25) is 5.02 Å². The molecule has 2 fully saturated rings. The molecule has 0 unspecified atom stereocenters. The Morgan fingerprint density at radius 1 is 1.33 bits per heavy atom. The molecule has 4 heteroatoms. The molecule has 18 heavy (non-hydrogen) atoms. The van der Waals surface area contributed by atoms with Gasteiger partial charge in [-0.3, -0.25) is 9.88 Å². The second-order valence-corrected chi connectivity index (χ2v) is 5.73. The summed E-state index contributed by atoms with van der Waals surface area (Å²) in [4.78, 5) is 6.71. The summed E-state index contributed by atoms with van der Waals surface area (Å²) in [6.07, 6.45) is 7.70. The second kappa shape index (κ2) is 5.55. The zero-order chi connectivity index (χ0) is 12.4. The van der Waals surface area contributed by atoms with Crippen molar-refractivity contribution in [1.29, 1.82) is 0 Å². The van der Waals surface area contributed by atoms with Crippen LogP contribution in [0.4, 0.5) is 0 Å². The highest BCUT2D eigenvalue weighted by atomic mass is 35.5. The monoisotopic (exact) mass is 265 g/mol. The van der Waals surface area contributed by atoms with Crippen LogP contribution in [-0.4, -0.2) is 36.1 Å². The van der Waals surface area contributed by atoms with Crippen molar-refractivity contribution >= 4 is 11.6 Å². The lowest BCUT2D eigenvalue weighted by molar-refractivity contribution is 0.0837. The van der Waals surface area contributed by atoms with Gasteiger partial charge in [0.2, 0.25) is 0 Å². The van der Waals surface area contributed by atoms with Crippen molar-refractivity contribution < 1.29 is 0 Å². The van der Waals surface area contributed by atoms with Gasteiger partial charge in [-0.25, -0.2) is 0 Å². The van der Waals surface area contributed by atoms with Gasteiger partial charge in [0.15, 0.2) is 0 Å². The van der Waals surface area contributed by atoms with Gasteiger partial charge in [-0.15, -0.1) is 0 Å². The van der Waals surface area contributed by atoms with Crippen molar-refractivity contribution in [1.82, 2.24) is 15.2 Å². The number of nitrogens with one attached hydrogen (secondary N) is 1. The lowest BCUT2D eigenvalue weighted by atomic mass is 9.76. The number of rotatable bonds is 3. The molecule has 0 bridgehead atoms. The molecule has 0 amide bonds. The van der Waals surface area contributed by atoms with Crippen LogP contribution >= 0.6 is 11.6 Å². The third-order valence-corrected chi connectivity index (χ3v) is 4.58. The molecule has 3 rings (SSSR count). The van der Waals surface area contributed by atoms with Crippen LogP contribution in [0, 0.1) is 5.92 Å². The summed E-state index contributed by atoms with van der Waals surface area (Å²) in [6.45, 7) is 4.43. The highest BCUT2D eigenvalue weighted by molar-refractivity contribution is 6.31. The normalized spacial score (nSPS) is 23.6. The first-order chi connectivity index (χ1) is 8.86. The van der Waals surface area contributed by atoms with Crippen molar-refractivity contribution in [2.75, 3.05) is 26.2 Å². The quantitative estimate of drug-likeness (QED) is 0.910. The molecule has 98 valence electrons. The lowest BCUT2D eigenvalue weighted by Crippen LogP contribution is -2.47. The van der Waals surface area contributed by atoms with E-state index in [2.05, 4.69) is 21.3 Å². The molecular formula is C14H20ClN3. The summed E-state index contributed by atoms with van der Waals surface area (Å²) in [5.74, 6) is 0.781. The van der Waals surface area contributed by atoms with Crippen molar-refractivity contribution in [2.24, 2.45) is 5.92 Å². The zero-order valence-electron chi connectivity index (χ0n) is 10.6. The molecule has 1 aliphatic heterocycles. The van der Waals surface area contributed by atoms with Crippen LogP contribution in [0.25, 0.3) is 0 Å². The van der Waals surface area contributed by atoms with Gasteiger partial charge in [-0.2, -0.15) is 0 Å². The Bertz CT molecular complexity index is 400. The number of hydrogen-bond acceptors (Lipinski definition) is 3. The highest BCUT2D eigenvalue weighted by Gasteiger charge is 2.34. The summed E-state index contributed by atoms with van der Waals surface area (Å²) in [7, 11) is 0. The van der Waals surface area contributed by atoms with Gasteiger partial charge in [-0.05, 0) is 30.4 Å². The van der Waals surface area contributed by atoms with E-state index in [4.69, 9.17) is 11.6 Å². The first-order valence-corrected chi connectivity index (χ1v) is 7.28. The predicted molar refractivity (Wildman–Crippen MR) is 73.8 cm³/mol. The van der Waals surface area contributed by atoms with Gasteiger partial charge in [0.25, 0.3) is 0 Å². The van der Waals surface area contributed by atoms with Gasteiger partial charge in [0.1, 0.15) is 0 Å². The topological polar surface area (TPSA) is 28.2 Å². The summed E-state index contributed by atoms with van der Waals surface area (Å²) in [5, 5.41) is 4.25. The van der Waals surface area contributed by atoms with E-state index in [0.29, 0.717) is 6.04 Å². The molecule has 2 aliphatic rings. The molecule has 1 aliphatic carbocycles. The van der Waals surface area contributed by atoms with Crippen LogP contribution in [0.1, 0.15) is 30.9 Å². The molecule has 1 atom stereocenters. The van der Waals surface area contributed by atoms with E-state index in [9.17, 15) is 0 Å². The van der Waals surface area contributed by atoms with Crippen molar-refractivity contribution in [3.63, 3.8) is 0 Å². The molecule has 2 heterocycles. The van der Waals surface area contributed by atoms with E-state index >= 15 is 0 Å². The number of halogens is 1. The minimum Gasteiger partial charge on any atom is -0.314 e. The average molecular weight is 266 g/mol. The Morgan fingerprint density at radius 2 is 2.11 bits per heavy atom. The number of aromatic nitrogens is 1. The van der Waals surface area contributed by atoms with Gasteiger partial charge in [0.05, 0.1) is 5.02 Å². The van der Waals surface area contributed by atoms with E-state index in [1.54, 1.807) is 6.20 Å². The van der Waals surface area contributed by atoms with Gasteiger partial charge < -0.3 is 5.32 Å². The van der Waals surface area contributed by atoms with Gasteiger partial charge in [-0.1, -0.05) is 18.0 Å². The van der Waals surface area contributed by atoms with Crippen LogP contribution in [0.3, 0.4) is 0 Å². The first kappa shape index (κ1) is 12.4. The number of piperazine rings is 1. The molecule has 1 N–H and O–H groups in total. The van der Waals surface area contributed by atoms with Gasteiger partial charge in [0, 0.05) is 44.6 Å². The summed E-state index contributed by atoms with van der Waals surface area (Å²) >= 11 is 6.36. The summed E-state index contributed by atoms with van der Waals surface area (Å²) < 4.78 is 0. The Balaban J connectivity index is 1.87. The molecule has 1 saturated heterocycles. The number of pyridine rings is 1. The predicted octanol–water partition coefficient (Wildman–Crippen LogP) is 2.48. The SMILES string of the molecule is Clc1cnccc1[C@@H](C1CCC1)N1CCNCC1. The minimum absolute atomic E-state index is 0.497. The minimum atomic E-state index is 0.497. The third kappa shape index (κ3) is 2.40. The smallest absolute Gasteiger partial charge is 0.0637 e. The Hall–Kier alpha value is -0.640. The Morgan fingerprint density at radius 3 is 2.72 bits per heavy atom. The first-order valence-electron chi connectivity index (χ1n) is 6.90. The average Bonchev–Trinajstić information content (AvgIpc) is 2.36. The molecule has 0 aromatic carbocycles. The van der Waals surface area contributed by atoms with Crippen LogP contribution < -0.4 is 5.32 Å². The van der Waals surface area contributed by atoms with Crippen LogP contribution in [0.5, 0.6) is 0 Å². The zero-order valence-corrected chi connectivity index (χ0v) is 11.4. The summed E-state index contributed by atoms with van der Waals surface area (Å²) in [5.41, 5.74) is 1.28. The fraction of sp³-hybridized carbons (Fsp3) is 0.643. The van der Waals surface area contributed by atoms with Crippen molar-refractivity contribution in [3.8, 4) is 0 Å². The highest BCUT2D eigenvalue weighted by Crippen LogP contribution is 2.43. The van der Waals surface area contributed by atoms with E-state index in [0.717, 1.165) is 37.1 Å². The van der Waals surface area contributed by atoms with Crippen molar-refractivity contribution in [3.05, 3.63) is 29.0 Å². The second-order valence-electron chi connectivity index (χ2n) is 5.32. The van der Waals surface area contributed by atoms with E-state index < -0.39 is 0 Å². The Labute approximate surface area is 114 Å². The maximum atomic E-state index is 6.36. The maximum Gasteiger partial charge on any atom is 0.0637 e. The fourth-order valence-electron chi connectivity index (χ4n) is 3.09. The molecule has 1 saturated carbocycles. The largest absolute Gasteiger partial charge is 0.314 e. The van der Waals surface area contributed by atoms with E-state index in [-0.39, 0.29) is 0 Å². The molecule has 3 nitrogen and oxygen atoms in total. The lowest BCUT2D eigenvalue weighted by Gasteiger charge is -2.43. The standard InChI is InChI=1S/C14H20ClN3/c15-13-10-17-5-4-12(13)14(11-2-1-3-11)18-8-6-16-7-9-18/h4-5,10-11,14,16H,1-3,6-9H2/t14-/m1/s1. The van der Waals surface area contributed by atoms with Crippen LogP contribution in [0.15, 0.2) is 18.5 Å². The van der Waals surface area contributed by atoms with Gasteiger partial charge >= 0.3 is 0 Å². The fourth-order valence-corrected chi connectivity index (χ4v) is 3.32. The van der Waals surface area contributed by atoms with E-state index in [1.165, 1.54) is 24.8 Å². The maximum absolute atomic E-state index is 6.36. The van der Waals surface area contributed by atoms with Crippen LogP contribution in [-0.2, 0) is 0 Å². The molecule has 0 spiro atoms. The van der Waals surface area contributed by atoms with Crippen molar-refractivity contribution in [2.45, 2.75) is 25.3 Å². The third-order valence-electron chi connectivity index (χ3n) is 4.26. The molecule has 0 radical (unpaired) electrons. The number of hydrogen-bond donors (Lipinski definition) is 1. The van der Waals surface area contributed by atoms with E-state index in [1.807, 2.05) is 6.20 Å². The molecule has 1 aromatic heterocycles.